The molecule has 0 fully saturated rings. The second-order valence-corrected chi connectivity index (χ2v) is 13.2. The second kappa shape index (κ2) is 13.5. The monoisotopic (exact) mass is 687 g/mol. The molecule has 0 bridgehead atoms. The van der Waals surface area contributed by atoms with Crippen molar-refractivity contribution < 1.29 is 31.2 Å². The quantitative estimate of drug-likeness (QED) is 0.261. The van der Waals surface area contributed by atoms with E-state index in [1.807, 2.05) is 0 Å². The number of amides is 2. The Morgan fingerprint density at radius 3 is 2.21 bits per heavy atom. The molecule has 3 aromatic carbocycles. The standard InChI is InChI=1S/C29H30BrClF3N3O4S/c1-18(2)35-28(39)20(4)36(16-21-6-5-7-22(30)14-21)27(38)17-37(42(40,41)24-11-8-19(3)9-12-24)23-10-13-26(31)25(15-23)29(32,33)34/h5-15,18,20H,16-17H2,1-4H3,(H,35,39)/t20-/m1/s1. The van der Waals surface area contributed by atoms with E-state index in [9.17, 15) is 31.2 Å². The van der Waals surface area contributed by atoms with Crippen molar-refractivity contribution in [2.45, 2.75) is 57.4 Å². The first-order valence-electron chi connectivity index (χ1n) is 12.8. The van der Waals surface area contributed by atoms with Gasteiger partial charge in [-0.25, -0.2) is 8.42 Å². The smallest absolute Gasteiger partial charge is 0.352 e. The summed E-state index contributed by atoms with van der Waals surface area (Å²) in [5, 5.41) is 2.11. The summed E-state index contributed by atoms with van der Waals surface area (Å²) < 4.78 is 70.3. The fourth-order valence-corrected chi connectivity index (χ4v) is 6.15. The van der Waals surface area contributed by atoms with Gasteiger partial charge in [0.1, 0.15) is 12.6 Å². The molecule has 0 heterocycles. The molecule has 1 atom stereocenters. The number of sulfonamides is 1. The van der Waals surface area contributed by atoms with E-state index in [0.717, 1.165) is 22.2 Å². The van der Waals surface area contributed by atoms with E-state index >= 15 is 0 Å². The van der Waals surface area contributed by atoms with Crippen LogP contribution in [0.5, 0.6) is 0 Å². The van der Waals surface area contributed by atoms with Gasteiger partial charge in [0.2, 0.25) is 11.8 Å². The van der Waals surface area contributed by atoms with Crippen LogP contribution in [0.25, 0.3) is 0 Å². The van der Waals surface area contributed by atoms with Crippen molar-refractivity contribution in [3.8, 4) is 0 Å². The van der Waals surface area contributed by atoms with E-state index in [-0.39, 0.29) is 17.5 Å². The fourth-order valence-electron chi connectivity index (χ4n) is 4.07. The minimum Gasteiger partial charge on any atom is -0.352 e. The SMILES string of the molecule is Cc1ccc(S(=O)(=O)N(CC(=O)N(Cc2cccc(Br)c2)[C@H](C)C(=O)NC(C)C)c2ccc(Cl)c(C(F)(F)F)c2)cc1. The van der Waals surface area contributed by atoms with Gasteiger partial charge in [0, 0.05) is 17.1 Å². The molecule has 0 saturated carbocycles. The van der Waals surface area contributed by atoms with Gasteiger partial charge in [-0.3, -0.25) is 13.9 Å². The number of hydrogen-bond acceptors (Lipinski definition) is 4. The van der Waals surface area contributed by atoms with Crippen molar-refractivity contribution >= 4 is 55.1 Å². The number of alkyl halides is 3. The fraction of sp³-hybridized carbons (Fsp3) is 0.310. The highest BCUT2D eigenvalue weighted by Gasteiger charge is 2.37. The van der Waals surface area contributed by atoms with Crippen molar-refractivity contribution in [2.24, 2.45) is 0 Å². The molecular weight excluding hydrogens is 659 g/mol. The Morgan fingerprint density at radius 1 is 1.00 bits per heavy atom. The number of rotatable bonds is 10. The highest BCUT2D eigenvalue weighted by Crippen LogP contribution is 2.38. The molecule has 0 aromatic heterocycles. The number of anilines is 1. The minimum absolute atomic E-state index is 0.0716. The van der Waals surface area contributed by atoms with Gasteiger partial charge in [0.25, 0.3) is 10.0 Å². The summed E-state index contributed by atoms with van der Waals surface area (Å²) in [5.41, 5.74) is -0.274. The average molecular weight is 689 g/mol. The van der Waals surface area contributed by atoms with E-state index in [4.69, 9.17) is 11.6 Å². The van der Waals surface area contributed by atoms with Gasteiger partial charge in [-0.2, -0.15) is 13.2 Å². The lowest BCUT2D eigenvalue weighted by molar-refractivity contribution is -0.139. The lowest BCUT2D eigenvalue weighted by Crippen LogP contribution is -2.52. The Hall–Kier alpha value is -3.09. The first-order chi connectivity index (χ1) is 19.5. The van der Waals surface area contributed by atoms with Crippen molar-refractivity contribution in [3.05, 3.63) is 92.9 Å². The van der Waals surface area contributed by atoms with E-state index in [1.165, 1.54) is 36.1 Å². The Bertz CT molecular complexity index is 1550. The van der Waals surface area contributed by atoms with Crippen LogP contribution in [0, 0.1) is 6.92 Å². The maximum Gasteiger partial charge on any atom is 0.417 e. The zero-order valence-electron chi connectivity index (χ0n) is 23.2. The van der Waals surface area contributed by atoms with E-state index in [1.54, 1.807) is 45.0 Å². The van der Waals surface area contributed by atoms with E-state index in [2.05, 4.69) is 21.2 Å². The molecule has 0 spiro atoms. The third-order valence-electron chi connectivity index (χ3n) is 6.27. The van der Waals surface area contributed by atoms with Crippen LogP contribution in [0.15, 0.2) is 76.1 Å². The molecule has 1 N–H and O–H groups in total. The van der Waals surface area contributed by atoms with E-state index in [0.29, 0.717) is 15.9 Å². The number of carbonyl (C=O) groups is 2. The third kappa shape index (κ3) is 8.26. The summed E-state index contributed by atoms with van der Waals surface area (Å²) in [7, 11) is -4.55. The van der Waals surface area contributed by atoms with Crippen LogP contribution >= 0.6 is 27.5 Å². The number of carbonyl (C=O) groups excluding carboxylic acids is 2. The number of aryl methyl sites for hydroxylation is 1. The summed E-state index contributed by atoms with van der Waals surface area (Å²) in [6.45, 7) is 5.78. The molecule has 0 aliphatic carbocycles. The first-order valence-corrected chi connectivity index (χ1v) is 15.4. The van der Waals surface area contributed by atoms with Crippen LogP contribution in [0.2, 0.25) is 5.02 Å². The number of benzene rings is 3. The van der Waals surface area contributed by atoms with Crippen molar-refractivity contribution in [3.63, 3.8) is 0 Å². The summed E-state index contributed by atoms with van der Waals surface area (Å²) in [5.74, 6) is -1.28. The van der Waals surface area contributed by atoms with Gasteiger partial charge >= 0.3 is 6.18 Å². The molecule has 2 amide bonds. The number of nitrogens with zero attached hydrogens (tertiary/aromatic N) is 2. The molecule has 226 valence electrons. The van der Waals surface area contributed by atoms with Gasteiger partial charge in [-0.1, -0.05) is 57.4 Å². The molecule has 0 unspecified atom stereocenters. The highest BCUT2D eigenvalue weighted by molar-refractivity contribution is 9.10. The van der Waals surface area contributed by atoms with Crippen LogP contribution in [0.4, 0.5) is 18.9 Å². The summed E-state index contributed by atoms with van der Waals surface area (Å²) in [6, 6.07) is 14.0. The van der Waals surface area contributed by atoms with Gasteiger partial charge in [-0.15, -0.1) is 0 Å². The van der Waals surface area contributed by atoms with Gasteiger partial charge in [0.15, 0.2) is 0 Å². The van der Waals surface area contributed by atoms with Crippen LogP contribution in [0.3, 0.4) is 0 Å². The maximum atomic E-state index is 13.9. The van der Waals surface area contributed by atoms with Gasteiger partial charge < -0.3 is 10.2 Å². The molecule has 13 heteroatoms. The minimum atomic E-state index is -4.88. The summed E-state index contributed by atoms with van der Waals surface area (Å²) >= 11 is 9.17. The Kier molecular flexibility index (Phi) is 10.7. The molecule has 3 aromatic rings. The van der Waals surface area contributed by atoms with E-state index < -0.39 is 56.9 Å². The average Bonchev–Trinajstić information content (AvgIpc) is 2.89. The van der Waals surface area contributed by atoms with Crippen LogP contribution in [-0.2, 0) is 32.3 Å². The largest absolute Gasteiger partial charge is 0.417 e. The molecule has 7 nitrogen and oxygen atoms in total. The molecule has 3 rings (SSSR count). The predicted molar refractivity (Wildman–Crippen MR) is 160 cm³/mol. The number of hydrogen-bond donors (Lipinski definition) is 1. The second-order valence-electron chi connectivity index (χ2n) is 9.98. The predicted octanol–water partition coefficient (Wildman–Crippen LogP) is 6.57. The highest BCUT2D eigenvalue weighted by atomic mass is 79.9. The van der Waals surface area contributed by atoms with Gasteiger partial charge in [-0.05, 0) is 75.7 Å². The number of nitrogens with one attached hydrogen (secondary N) is 1. The molecule has 0 aliphatic rings. The zero-order chi connectivity index (χ0) is 31.4. The molecule has 0 radical (unpaired) electrons. The molecule has 0 aliphatic heterocycles. The molecule has 42 heavy (non-hydrogen) atoms. The molecular formula is C29H30BrClF3N3O4S. The first kappa shape index (κ1) is 33.4. The van der Waals surface area contributed by atoms with Crippen molar-refractivity contribution in [1.82, 2.24) is 10.2 Å². The lowest BCUT2D eigenvalue weighted by atomic mass is 10.1. The van der Waals surface area contributed by atoms with Crippen LogP contribution in [-0.4, -0.2) is 43.8 Å². The topological polar surface area (TPSA) is 86.8 Å². The number of halogens is 5. The third-order valence-corrected chi connectivity index (χ3v) is 8.88. The maximum absolute atomic E-state index is 13.9. The van der Waals surface area contributed by atoms with Gasteiger partial charge in [0.05, 0.1) is 21.2 Å². The summed E-state index contributed by atoms with van der Waals surface area (Å²) in [4.78, 5) is 27.8. The molecule has 0 saturated heterocycles. The normalized spacial score (nSPS) is 12.6. The Labute approximate surface area is 256 Å². The van der Waals surface area contributed by atoms with Crippen molar-refractivity contribution in [2.75, 3.05) is 10.8 Å². The summed E-state index contributed by atoms with van der Waals surface area (Å²) in [6.07, 6.45) is -4.88. The Morgan fingerprint density at radius 2 is 1.64 bits per heavy atom. The van der Waals surface area contributed by atoms with Crippen LogP contribution in [0.1, 0.15) is 37.5 Å². The lowest BCUT2D eigenvalue weighted by Gasteiger charge is -2.32. The Balaban J connectivity index is 2.13. The van der Waals surface area contributed by atoms with Crippen LogP contribution < -0.4 is 9.62 Å². The van der Waals surface area contributed by atoms with Crippen molar-refractivity contribution in [1.29, 1.82) is 0 Å². The zero-order valence-corrected chi connectivity index (χ0v) is 26.4.